The molecule has 0 saturated carbocycles. The highest BCUT2D eigenvalue weighted by Crippen LogP contribution is 2.27. The SMILES string of the molecule is COc1ccc(C(=O)NCC(=O)N/N=C/c2ccc(OC(=O)c3ccccc3F)cc2)cc1OC. The standard InChI is InChI=1S/C25H22FN3O6/c1-33-21-12-9-17(13-22(21)34-2)24(31)27-15-23(30)29-28-14-16-7-10-18(11-8-16)35-25(32)19-5-3-4-6-20(19)26/h3-14H,15H2,1-2H3,(H,27,31)(H,29,30)/b28-14+. The number of carbonyl (C=O) groups excluding carboxylic acids is 3. The number of ether oxygens (including phenoxy) is 3. The van der Waals surface area contributed by atoms with E-state index < -0.39 is 23.6 Å². The molecular weight excluding hydrogens is 457 g/mol. The van der Waals surface area contributed by atoms with Crippen LogP contribution < -0.4 is 25.0 Å². The van der Waals surface area contributed by atoms with E-state index in [1.807, 2.05) is 0 Å². The molecule has 0 aromatic heterocycles. The predicted molar refractivity (Wildman–Crippen MR) is 125 cm³/mol. The van der Waals surface area contributed by atoms with Crippen LogP contribution in [0.3, 0.4) is 0 Å². The molecule has 0 aliphatic carbocycles. The van der Waals surface area contributed by atoms with Gasteiger partial charge in [-0.15, -0.1) is 0 Å². The molecule has 180 valence electrons. The molecule has 3 aromatic carbocycles. The van der Waals surface area contributed by atoms with Crippen molar-refractivity contribution in [2.24, 2.45) is 5.10 Å². The van der Waals surface area contributed by atoms with Gasteiger partial charge in [0.25, 0.3) is 11.8 Å². The minimum absolute atomic E-state index is 0.168. The third kappa shape index (κ3) is 6.87. The number of hydrogen-bond acceptors (Lipinski definition) is 7. The van der Waals surface area contributed by atoms with Gasteiger partial charge in [-0.05, 0) is 60.2 Å². The molecule has 0 spiro atoms. The fourth-order valence-corrected chi connectivity index (χ4v) is 2.87. The molecule has 35 heavy (non-hydrogen) atoms. The largest absolute Gasteiger partial charge is 0.493 e. The Labute approximate surface area is 200 Å². The van der Waals surface area contributed by atoms with Gasteiger partial charge in [0.15, 0.2) is 11.5 Å². The van der Waals surface area contributed by atoms with Crippen LogP contribution in [-0.2, 0) is 4.79 Å². The van der Waals surface area contributed by atoms with Gasteiger partial charge in [-0.25, -0.2) is 14.6 Å². The Balaban J connectivity index is 1.47. The minimum Gasteiger partial charge on any atom is -0.493 e. The first-order chi connectivity index (χ1) is 16.9. The topological polar surface area (TPSA) is 115 Å². The van der Waals surface area contributed by atoms with Crippen LogP contribution in [0.2, 0.25) is 0 Å². The molecule has 10 heteroatoms. The Hall–Kier alpha value is -4.73. The van der Waals surface area contributed by atoms with Crippen LogP contribution in [0.25, 0.3) is 0 Å². The van der Waals surface area contributed by atoms with Gasteiger partial charge in [-0.2, -0.15) is 5.10 Å². The number of esters is 1. The van der Waals surface area contributed by atoms with Crippen molar-refractivity contribution in [3.8, 4) is 17.2 Å². The normalized spacial score (nSPS) is 10.5. The molecule has 0 radical (unpaired) electrons. The Kier molecular flexibility index (Phi) is 8.49. The van der Waals surface area contributed by atoms with Crippen molar-refractivity contribution in [1.82, 2.24) is 10.7 Å². The molecule has 0 saturated heterocycles. The number of hydrazone groups is 1. The molecular formula is C25H22FN3O6. The van der Waals surface area contributed by atoms with Gasteiger partial charge in [0.1, 0.15) is 11.6 Å². The highest BCUT2D eigenvalue weighted by molar-refractivity contribution is 5.97. The summed E-state index contributed by atoms with van der Waals surface area (Å²) in [5.41, 5.74) is 3.03. The molecule has 2 amide bonds. The molecule has 9 nitrogen and oxygen atoms in total. The van der Waals surface area contributed by atoms with Crippen molar-refractivity contribution in [1.29, 1.82) is 0 Å². The molecule has 3 aromatic rings. The summed E-state index contributed by atoms with van der Waals surface area (Å²) in [4.78, 5) is 36.3. The first-order valence-electron chi connectivity index (χ1n) is 10.3. The highest BCUT2D eigenvalue weighted by atomic mass is 19.1. The second-order valence-corrected chi connectivity index (χ2v) is 6.98. The number of rotatable bonds is 9. The maximum Gasteiger partial charge on any atom is 0.346 e. The molecule has 0 aliphatic rings. The summed E-state index contributed by atoms with van der Waals surface area (Å²) in [7, 11) is 2.94. The van der Waals surface area contributed by atoms with E-state index in [0.29, 0.717) is 22.6 Å². The molecule has 2 N–H and O–H groups in total. The van der Waals surface area contributed by atoms with Crippen LogP contribution in [0.4, 0.5) is 4.39 Å². The van der Waals surface area contributed by atoms with Crippen molar-refractivity contribution in [2.45, 2.75) is 0 Å². The van der Waals surface area contributed by atoms with Gasteiger partial charge in [0.05, 0.1) is 32.5 Å². The molecule has 0 bridgehead atoms. The van der Waals surface area contributed by atoms with Crippen LogP contribution in [0, 0.1) is 5.82 Å². The zero-order valence-electron chi connectivity index (χ0n) is 18.9. The maximum absolute atomic E-state index is 13.7. The molecule has 0 atom stereocenters. The number of amides is 2. The fraction of sp³-hybridized carbons (Fsp3) is 0.120. The van der Waals surface area contributed by atoms with Gasteiger partial charge in [-0.3, -0.25) is 9.59 Å². The lowest BCUT2D eigenvalue weighted by Crippen LogP contribution is -2.34. The monoisotopic (exact) mass is 479 g/mol. The number of halogens is 1. The number of hydrogen-bond donors (Lipinski definition) is 2. The number of carbonyl (C=O) groups is 3. The van der Waals surface area contributed by atoms with Crippen molar-refractivity contribution >= 4 is 24.0 Å². The molecule has 0 fully saturated rings. The summed E-state index contributed by atoms with van der Waals surface area (Å²) in [6.07, 6.45) is 1.37. The van der Waals surface area contributed by atoms with E-state index in [1.54, 1.807) is 24.3 Å². The van der Waals surface area contributed by atoms with E-state index >= 15 is 0 Å². The molecule has 3 rings (SSSR count). The summed E-state index contributed by atoms with van der Waals surface area (Å²) >= 11 is 0. The fourth-order valence-electron chi connectivity index (χ4n) is 2.87. The zero-order valence-corrected chi connectivity index (χ0v) is 18.9. The van der Waals surface area contributed by atoms with E-state index in [1.165, 1.54) is 62.9 Å². The highest BCUT2D eigenvalue weighted by Gasteiger charge is 2.13. The van der Waals surface area contributed by atoms with Gasteiger partial charge < -0.3 is 19.5 Å². The molecule has 0 heterocycles. The van der Waals surface area contributed by atoms with E-state index in [-0.39, 0.29) is 17.9 Å². The number of benzene rings is 3. The third-order valence-corrected chi connectivity index (χ3v) is 4.64. The third-order valence-electron chi connectivity index (χ3n) is 4.64. The smallest absolute Gasteiger partial charge is 0.346 e. The second-order valence-electron chi connectivity index (χ2n) is 6.98. The lowest BCUT2D eigenvalue weighted by Gasteiger charge is -2.09. The quantitative estimate of drug-likeness (QED) is 0.211. The lowest BCUT2D eigenvalue weighted by molar-refractivity contribution is -0.120. The lowest BCUT2D eigenvalue weighted by atomic mass is 10.2. The van der Waals surface area contributed by atoms with Crippen LogP contribution in [0.15, 0.2) is 71.8 Å². The van der Waals surface area contributed by atoms with Gasteiger partial charge >= 0.3 is 5.97 Å². The minimum atomic E-state index is -0.813. The summed E-state index contributed by atoms with van der Waals surface area (Å²) in [6, 6.07) is 16.4. The van der Waals surface area contributed by atoms with E-state index in [0.717, 1.165) is 0 Å². The molecule has 0 aliphatic heterocycles. The van der Waals surface area contributed by atoms with Crippen LogP contribution >= 0.6 is 0 Å². The van der Waals surface area contributed by atoms with Crippen molar-refractivity contribution in [3.05, 3.63) is 89.2 Å². The Bertz CT molecular complexity index is 1240. The second kappa shape index (κ2) is 11.9. The zero-order chi connectivity index (χ0) is 25.2. The van der Waals surface area contributed by atoms with Crippen LogP contribution in [0.5, 0.6) is 17.2 Å². The number of nitrogens with one attached hydrogen (secondary N) is 2. The van der Waals surface area contributed by atoms with Crippen LogP contribution in [-0.4, -0.2) is 44.8 Å². The molecule has 0 unspecified atom stereocenters. The Morgan fingerprint density at radius 2 is 1.66 bits per heavy atom. The van der Waals surface area contributed by atoms with E-state index in [9.17, 15) is 18.8 Å². The Morgan fingerprint density at radius 1 is 0.943 bits per heavy atom. The van der Waals surface area contributed by atoms with Crippen molar-refractivity contribution < 1.29 is 33.0 Å². The first kappa shape index (κ1) is 24.9. The van der Waals surface area contributed by atoms with E-state index in [2.05, 4.69) is 15.8 Å². The van der Waals surface area contributed by atoms with Gasteiger partial charge in [0.2, 0.25) is 0 Å². The van der Waals surface area contributed by atoms with Gasteiger partial charge in [0, 0.05) is 5.56 Å². The van der Waals surface area contributed by atoms with Crippen LogP contribution in [0.1, 0.15) is 26.3 Å². The maximum atomic E-state index is 13.7. The number of nitrogens with zero attached hydrogens (tertiary/aromatic N) is 1. The average Bonchev–Trinajstić information content (AvgIpc) is 2.88. The average molecular weight is 479 g/mol. The predicted octanol–water partition coefficient (Wildman–Crippen LogP) is 2.94. The van der Waals surface area contributed by atoms with Gasteiger partial charge in [-0.1, -0.05) is 12.1 Å². The van der Waals surface area contributed by atoms with Crippen molar-refractivity contribution in [3.63, 3.8) is 0 Å². The summed E-state index contributed by atoms with van der Waals surface area (Å²) in [5, 5.41) is 6.31. The Morgan fingerprint density at radius 3 is 2.34 bits per heavy atom. The van der Waals surface area contributed by atoms with E-state index in [4.69, 9.17) is 14.2 Å². The summed E-state index contributed by atoms with van der Waals surface area (Å²) in [6.45, 7) is -0.296. The first-order valence-corrected chi connectivity index (χ1v) is 10.3. The summed E-state index contributed by atoms with van der Waals surface area (Å²) in [5.74, 6) is -1.40. The number of methoxy groups -OCH3 is 2. The summed E-state index contributed by atoms with van der Waals surface area (Å²) < 4.78 is 29.1. The van der Waals surface area contributed by atoms with Crippen molar-refractivity contribution in [2.75, 3.05) is 20.8 Å².